The van der Waals surface area contributed by atoms with Gasteiger partial charge in [0.25, 0.3) is 0 Å². The second-order valence-electron chi connectivity index (χ2n) is 3.32. The molecule has 0 radical (unpaired) electrons. The summed E-state index contributed by atoms with van der Waals surface area (Å²) in [5.41, 5.74) is 0.801. The Bertz CT molecular complexity index is 379. The number of ether oxygens (including phenoxy) is 1. The fraction of sp³-hybridized carbons (Fsp3) is 0.273. The van der Waals surface area contributed by atoms with E-state index >= 15 is 0 Å². The number of hydrogen-bond donors (Lipinski definition) is 3. The minimum Gasteiger partial charge on any atom is -0.481 e. The third-order valence-electron chi connectivity index (χ3n) is 1.87. The van der Waals surface area contributed by atoms with Gasteiger partial charge in [0.1, 0.15) is 12.8 Å². The number of amides is 1. The first-order chi connectivity index (χ1) is 8.08. The normalized spacial score (nSPS) is 11.6. The molecule has 0 saturated heterocycles. The standard InChI is InChI=1S/C11H13NO5/c13-9(6-10(14)15)12-11(16)17-7-8-4-2-1-3-5-8/h1-5,9,13H,6-7H2,(H,12,16)(H,14,15). The number of aliphatic hydroxyl groups excluding tert-OH is 1. The van der Waals surface area contributed by atoms with E-state index in [0.717, 1.165) is 5.56 Å². The lowest BCUT2D eigenvalue weighted by molar-refractivity contribution is -0.139. The van der Waals surface area contributed by atoms with Crippen LogP contribution in [0.5, 0.6) is 0 Å². The minimum absolute atomic E-state index is 0.0620. The quantitative estimate of drug-likeness (QED) is 0.657. The lowest BCUT2D eigenvalue weighted by Crippen LogP contribution is -2.36. The second kappa shape index (κ2) is 6.49. The van der Waals surface area contributed by atoms with Gasteiger partial charge in [0, 0.05) is 0 Å². The molecule has 0 aliphatic carbocycles. The molecule has 0 aromatic heterocycles. The van der Waals surface area contributed by atoms with Crippen LogP contribution in [0.15, 0.2) is 30.3 Å². The first kappa shape index (κ1) is 13.0. The van der Waals surface area contributed by atoms with E-state index in [0.29, 0.717) is 0 Å². The number of hydrogen-bond acceptors (Lipinski definition) is 4. The highest BCUT2D eigenvalue weighted by atomic mass is 16.6. The molecule has 0 aliphatic heterocycles. The van der Waals surface area contributed by atoms with Gasteiger partial charge >= 0.3 is 12.1 Å². The number of benzene rings is 1. The number of carboxylic acids is 1. The topological polar surface area (TPSA) is 95.9 Å². The van der Waals surface area contributed by atoms with Gasteiger partial charge in [-0.3, -0.25) is 10.1 Å². The molecule has 1 rings (SSSR count). The van der Waals surface area contributed by atoms with Crippen LogP contribution in [-0.2, 0) is 16.1 Å². The van der Waals surface area contributed by atoms with Gasteiger partial charge in [0.05, 0.1) is 6.42 Å². The predicted octanol–water partition coefficient (Wildman–Crippen LogP) is 0.706. The first-order valence-corrected chi connectivity index (χ1v) is 4.95. The fourth-order valence-corrected chi connectivity index (χ4v) is 1.12. The van der Waals surface area contributed by atoms with Crippen molar-refractivity contribution < 1.29 is 24.5 Å². The van der Waals surface area contributed by atoms with E-state index in [1.807, 2.05) is 11.4 Å². The van der Waals surface area contributed by atoms with Gasteiger partial charge in [-0.1, -0.05) is 30.3 Å². The van der Waals surface area contributed by atoms with Crippen LogP contribution in [-0.4, -0.2) is 28.5 Å². The van der Waals surface area contributed by atoms with Crippen molar-refractivity contribution in [3.05, 3.63) is 35.9 Å². The summed E-state index contributed by atoms with van der Waals surface area (Å²) >= 11 is 0. The van der Waals surface area contributed by atoms with Crippen molar-refractivity contribution in [2.45, 2.75) is 19.3 Å². The number of aliphatic hydroxyl groups is 1. The molecule has 1 amide bonds. The number of nitrogens with one attached hydrogen (secondary N) is 1. The van der Waals surface area contributed by atoms with E-state index in [4.69, 9.17) is 14.9 Å². The highest BCUT2D eigenvalue weighted by Gasteiger charge is 2.13. The molecule has 1 atom stereocenters. The highest BCUT2D eigenvalue weighted by molar-refractivity contribution is 5.70. The lowest BCUT2D eigenvalue weighted by Gasteiger charge is -2.10. The van der Waals surface area contributed by atoms with Gasteiger partial charge in [-0.25, -0.2) is 4.79 Å². The van der Waals surface area contributed by atoms with Crippen LogP contribution in [0.25, 0.3) is 0 Å². The molecule has 0 fully saturated rings. The SMILES string of the molecule is O=C(O)CC(O)NC(=O)OCc1ccccc1. The van der Waals surface area contributed by atoms with Crippen LogP contribution >= 0.6 is 0 Å². The predicted molar refractivity (Wildman–Crippen MR) is 58.0 cm³/mol. The first-order valence-electron chi connectivity index (χ1n) is 4.95. The zero-order valence-corrected chi connectivity index (χ0v) is 9.00. The number of aliphatic carboxylic acids is 1. The van der Waals surface area contributed by atoms with Crippen LogP contribution in [0.1, 0.15) is 12.0 Å². The molecule has 92 valence electrons. The van der Waals surface area contributed by atoms with Crippen molar-refractivity contribution in [1.29, 1.82) is 0 Å². The zero-order valence-electron chi connectivity index (χ0n) is 9.00. The highest BCUT2D eigenvalue weighted by Crippen LogP contribution is 2.00. The van der Waals surface area contributed by atoms with Crippen molar-refractivity contribution in [3.63, 3.8) is 0 Å². The van der Waals surface area contributed by atoms with E-state index in [9.17, 15) is 9.59 Å². The molecule has 6 heteroatoms. The van der Waals surface area contributed by atoms with E-state index in [2.05, 4.69) is 0 Å². The zero-order chi connectivity index (χ0) is 12.7. The van der Waals surface area contributed by atoms with Gasteiger partial charge in [-0.05, 0) is 5.56 Å². The van der Waals surface area contributed by atoms with Gasteiger partial charge in [-0.2, -0.15) is 0 Å². The van der Waals surface area contributed by atoms with Crippen molar-refractivity contribution in [1.82, 2.24) is 5.32 Å². The molecular formula is C11H13NO5. The average Bonchev–Trinajstić information content (AvgIpc) is 2.26. The third-order valence-corrected chi connectivity index (χ3v) is 1.87. The van der Waals surface area contributed by atoms with Gasteiger partial charge < -0.3 is 14.9 Å². The number of rotatable bonds is 5. The van der Waals surface area contributed by atoms with E-state index in [1.54, 1.807) is 24.3 Å². The third kappa shape index (κ3) is 5.53. The smallest absolute Gasteiger partial charge is 0.409 e. The molecule has 1 aromatic carbocycles. The lowest BCUT2D eigenvalue weighted by atomic mass is 10.2. The van der Waals surface area contributed by atoms with Crippen LogP contribution in [0.2, 0.25) is 0 Å². The van der Waals surface area contributed by atoms with Crippen LogP contribution < -0.4 is 5.32 Å². The van der Waals surface area contributed by atoms with E-state index in [1.165, 1.54) is 0 Å². The second-order valence-corrected chi connectivity index (χ2v) is 3.32. The van der Waals surface area contributed by atoms with E-state index < -0.39 is 24.7 Å². The van der Waals surface area contributed by atoms with E-state index in [-0.39, 0.29) is 6.61 Å². The molecule has 0 aliphatic rings. The van der Waals surface area contributed by atoms with Gasteiger partial charge in [-0.15, -0.1) is 0 Å². The molecule has 1 unspecified atom stereocenters. The minimum atomic E-state index is -1.45. The molecule has 0 bridgehead atoms. The number of alkyl carbamates (subject to hydrolysis) is 1. The Balaban J connectivity index is 2.28. The van der Waals surface area contributed by atoms with Crippen molar-refractivity contribution >= 4 is 12.1 Å². The molecular weight excluding hydrogens is 226 g/mol. The fourth-order valence-electron chi connectivity index (χ4n) is 1.12. The Morgan fingerprint density at radius 3 is 2.53 bits per heavy atom. The Morgan fingerprint density at radius 2 is 1.94 bits per heavy atom. The largest absolute Gasteiger partial charge is 0.481 e. The number of carbonyl (C=O) groups is 2. The summed E-state index contributed by atoms with van der Waals surface area (Å²) < 4.78 is 4.78. The van der Waals surface area contributed by atoms with Crippen molar-refractivity contribution in [2.24, 2.45) is 0 Å². The Morgan fingerprint density at radius 1 is 1.29 bits per heavy atom. The van der Waals surface area contributed by atoms with Gasteiger partial charge in [0.2, 0.25) is 0 Å². The van der Waals surface area contributed by atoms with Crippen LogP contribution in [0.4, 0.5) is 4.79 Å². The maximum atomic E-state index is 11.1. The summed E-state index contributed by atoms with van der Waals surface area (Å²) in [7, 11) is 0. The Kier molecular flexibility index (Phi) is 4.96. The summed E-state index contributed by atoms with van der Waals surface area (Å²) in [6.07, 6.45) is -2.88. The van der Waals surface area contributed by atoms with Crippen LogP contribution in [0, 0.1) is 0 Å². The molecule has 0 spiro atoms. The number of carboxylic acid groups (broad SMARTS) is 1. The maximum absolute atomic E-state index is 11.1. The summed E-state index contributed by atoms with van der Waals surface area (Å²) in [6, 6.07) is 8.99. The molecule has 17 heavy (non-hydrogen) atoms. The summed E-state index contributed by atoms with van der Waals surface area (Å²) in [5, 5.41) is 19.4. The maximum Gasteiger partial charge on any atom is 0.409 e. The summed E-state index contributed by atoms with van der Waals surface area (Å²) in [5.74, 6) is -1.21. The summed E-state index contributed by atoms with van der Waals surface area (Å²) in [6.45, 7) is 0.0620. The molecule has 1 aromatic rings. The molecule has 0 heterocycles. The van der Waals surface area contributed by atoms with Crippen molar-refractivity contribution in [2.75, 3.05) is 0 Å². The van der Waals surface area contributed by atoms with Crippen molar-refractivity contribution in [3.8, 4) is 0 Å². The number of carbonyl (C=O) groups excluding carboxylic acids is 1. The Labute approximate surface area is 97.8 Å². The summed E-state index contributed by atoms with van der Waals surface area (Å²) in [4.78, 5) is 21.3. The van der Waals surface area contributed by atoms with Gasteiger partial charge in [0.15, 0.2) is 0 Å². The average molecular weight is 239 g/mol. The molecule has 6 nitrogen and oxygen atoms in total. The Hall–Kier alpha value is -2.08. The molecule has 0 saturated carbocycles. The van der Waals surface area contributed by atoms with Crippen LogP contribution in [0.3, 0.4) is 0 Å². The monoisotopic (exact) mass is 239 g/mol. The molecule has 3 N–H and O–H groups in total.